The van der Waals surface area contributed by atoms with Crippen molar-refractivity contribution >= 4 is 52.3 Å². The quantitative estimate of drug-likeness (QED) is 0.441. The number of benzene rings is 2. The van der Waals surface area contributed by atoms with Gasteiger partial charge < -0.3 is 4.90 Å². The molecular weight excluding hydrogens is 466 g/mol. The summed E-state index contributed by atoms with van der Waals surface area (Å²) < 4.78 is 1.61. The maximum Gasteiger partial charge on any atom is 0.244 e. The van der Waals surface area contributed by atoms with Crippen molar-refractivity contribution in [1.29, 1.82) is 0 Å². The molecule has 0 N–H and O–H groups in total. The van der Waals surface area contributed by atoms with Gasteiger partial charge in [-0.05, 0) is 43.5 Å². The number of halogens is 4. The number of nitrogens with zero attached hydrogens (tertiary/aromatic N) is 4. The Morgan fingerprint density at radius 3 is 2.07 bits per heavy atom. The Balaban J connectivity index is 1.77. The first-order valence-electron chi connectivity index (χ1n) is 9.56. The number of carbonyl (C=O) groups excluding carboxylic acids is 1. The average Bonchev–Trinajstić information content (AvgIpc) is 3.16. The predicted octanol–water partition coefficient (Wildman–Crippen LogP) is 6.24. The summed E-state index contributed by atoms with van der Waals surface area (Å²) in [5, 5.41) is 10.3. The second kappa shape index (κ2) is 9.15. The zero-order chi connectivity index (χ0) is 21.3. The predicted molar refractivity (Wildman–Crippen MR) is 121 cm³/mol. The van der Waals surface area contributed by atoms with Crippen LogP contribution in [0.2, 0.25) is 20.1 Å². The van der Waals surface area contributed by atoms with Gasteiger partial charge in [-0.15, -0.1) is 5.10 Å². The fraction of sp³-hybridized carbons (Fsp3) is 0.286. The Hall–Kier alpha value is -1.79. The number of piperidine rings is 1. The van der Waals surface area contributed by atoms with Crippen LogP contribution in [0.3, 0.4) is 0 Å². The molecule has 156 valence electrons. The van der Waals surface area contributed by atoms with Gasteiger partial charge in [-0.3, -0.25) is 4.79 Å². The lowest BCUT2D eigenvalue weighted by molar-refractivity contribution is -0.132. The highest BCUT2D eigenvalue weighted by Crippen LogP contribution is 2.36. The monoisotopic (exact) mass is 482 g/mol. The van der Waals surface area contributed by atoms with Gasteiger partial charge in [-0.2, -0.15) is 0 Å². The Kier molecular flexibility index (Phi) is 6.54. The van der Waals surface area contributed by atoms with Crippen LogP contribution in [0, 0.1) is 0 Å². The van der Waals surface area contributed by atoms with Crippen molar-refractivity contribution in [3.8, 4) is 22.5 Å². The standard InChI is InChI=1S/C21H18Cl4N4O/c22-15-6-4-13(10-17(15)24)20-21(14-5-7-16(23)18(25)11-14)29(27-26-20)12-19(30)28-8-2-1-3-9-28/h4-7,10-11H,1-3,8-9,12H2. The molecule has 3 aromatic rings. The van der Waals surface area contributed by atoms with Crippen molar-refractivity contribution in [2.24, 2.45) is 0 Å². The molecule has 1 saturated heterocycles. The number of carbonyl (C=O) groups is 1. The van der Waals surface area contributed by atoms with Gasteiger partial charge in [0, 0.05) is 24.2 Å². The lowest BCUT2D eigenvalue weighted by atomic mass is 10.0. The highest BCUT2D eigenvalue weighted by atomic mass is 35.5. The minimum Gasteiger partial charge on any atom is -0.341 e. The molecule has 0 bridgehead atoms. The van der Waals surface area contributed by atoms with Crippen molar-refractivity contribution in [3.63, 3.8) is 0 Å². The molecule has 0 radical (unpaired) electrons. The zero-order valence-electron chi connectivity index (χ0n) is 15.9. The second-order valence-electron chi connectivity index (χ2n) is 7.14. The second-order valence-corrected chi connectivity index (χ2v) is 8.77. The third kappa shape index (κ3) is 4.45. The van der Waals surface area contributed by atoms with Crippen LogP contribution in [0.25, 0.3) is 22.5 Å². The number of rotatable bonds is 4. The normalized spacial score (nSPS) is 14.2. The van der Waals surface area contributed by atoms with E-state index in [4.69, 9.17) is 46.4 Å². The van der Waals surface area contributed by atoms with Crippen LogP contribution < -0.4 is 0 Å². The molecule has 1 aliphatic heterocycles. The Labute approximate surface area is 194 Å². The first-order chi connectivity index (χ1) is 14.4. The summed E-state index contributed by atoms with van der Waals surface area (Å²) >= 11 is 24.6. The van der Waals surface area contributed by atoms with E-state index >= 15 is 0 Å². The molecule has 5 nitrogen and oxygen atoms in total. The Morgan fingerprint density at radius 1 is 0.833 bits per heavy atom. The van der Waals surface area contributed by atoms with E-state index in [-0.39, 0.29) is 12.5 Å². The molecular formula is C21H18Cl4N4O. The number of aromatic nitrogens is 3. The summed E-state index contributed by atoms with van der Waals surface area (Å²) in [7, 11) is 0. The molecule has 2 heterocycles. The first-order valence-corrected chi connectivity index (χ1v) is 11.1. The molecule has 0 unspecified atom stereocenters. The lowest BCUT2D eigenvalue weighted by Gasteiger charge is -2.26. The average molecular weight is 484 g/mol. The minimum atomic E-state index is 0.0154. The van der Waals surface area contributed by atoms with E-state index < -0.39 is 0 Å². The van der Waals surface area contributed by atoms with Crippen LogP contribution in [0.1, 0.15) is 19.3 Å². The summed E-state index contributed by atoms with van der Waals surface area (Å²) in [6.07, 6.45) is 3.21. The Bertz CT molecular complexity index is 1090. The fourth-order valence-corrected chi connectivity index (χ4v) is 4.16. The largest absolute Gasteiger partial charge is 0.341 e. The van der Waals surface area contributed by atoms with Crippen LogP contribution >= 0.6 is 46.4 Å². The molecule has 2 aromatic carbocycles. The van der Waals surface area contributed by atoms with E-state index in [0.717, 1.165) is 43.5 Å². The van der Waals surface area contributed by atoms with Crippen molar-refractivity contribution < 1.29 is 4.79 Å². The van der Waals surface area contributed by atoms with Gasteiger partial charge in [0.15, 0.2) is 0 Å². The summed E-state index contributed by atoms with van der Waals surface area (Å²) in [6.45, 7) is 1.63. The molecule has 0 atom stereocenters. The summed E-state index contributed by atoms with van der Waals surface area (Å²) in [4.78, 5) is 14.7. The van der Waals surface area contributed by atoms with Crippen LogP contribution in [0.5, 0.6) is 0 Å². The first kappa shape index (κ1) is 21.4. The smallest absolute Gasteiger partial charge is 0.244 e. The van der Waals surface area contributed by atoms with E-state index in [1.165, 1.54) is 0 Å². The molecule has 0 aliphatic carbocycles. The van der Waals surface area contributed by atoms with Gasteiger partial charge in [0.1, 0.15) is 12.2 Å². The SMILES string of the molecule is O=C(Cn1nnc(-c2ccc(Cl)c(Cl)c2)c1-c1ccc(Cl)c(Cl)c1)N1CCCCC1. The molecule has 1 fully saturated rings. The maximum absolute atomic E-state index is 12.9. The van der Waals surface area contributed by atoms with Crippen molar-refractivity contribution in [2.45, 2.75) is 25.8 Å². The third-order valence-electron chi connectivity index (χ3n) is 5.11. The molecule has 4 rings (SSSR count). The number of likely N-dealkylation sites (tertiary alicyclic amines) is 1. The van der Waals surface area contributed by atoms with Crippen LogP contribution in [0.15, 0.2) is 36.4 Å². The van der Waals surface area contributed by atoms with E-state index in [2.05, 4.69) is 10.3 Å². The van der Waals surface area contributed by atoms with Gasteiger partial charge in [0.2, 0.25) is 5.91 Å². The number of hydrogen-bond acceptors (Lipinski definition) is 3. The fourth-order valence-electron chi connectivity index (χ4n) is 3.56. The third-order valence-corrected chi connectivity index (χ3v) is 6.59. The maximum atomic E-state index is 12.9. The highest BCUT2D eigenvalue weighted by Gasteiger charge is 2.23. The van der Waals surface area contributed by atoms with E-state index in [9.17, 15) is 4.79 Å². The van der Waals surface area contributed by atoms with E-state index in [1.807, 2.05) is 17.0 Å². The van der Waals surface area contributed by atoms with Gasteiger partial charge in [0.25, 0.3) is 0 Å². The van der Waals surface area contributed by atoms with Crippen LogP contribution in [-0.4, -0.2) is 38.9 Å². The topological polar surface area (TPSA) is 51.0 Å². The van der Waals surface area contributed by atoms with Crippen molar-refractivity contribution in [2.75, 3.05) is 13.1 Å². The van der Waals surface area contributed by atoms with Gasteiger partial charge in [-0.1, -0.05) is 63.7 Å². The summed E-state index contributed by atoms with van der Waals surface area (Å²) in [6, 6.07) is 10.5. The number of hydrogen-bond donors (Lipinski definition) is 0. The van der Waals surface area contributed by atoms with Crippen LogP contribution in [-0.2, 0) is 11.3 Å². The van der Waals surface area contributed by atoms with Gasteiger partial charge >= 0.3 is 0 Å². The Morgan fingerprint density at radius 2 is 1.43 bits per heavy atom. The zero-order valence-corrected chi connectivity index (χ0v) is 18.9. The molecule has 9 heteroatoms. The van der Waals surface area contributed by atoms with E-state index in [1.54, 1.807) is 28.9 Å². The summed E-state index contributed by atoms with van der Waals surface area (Å²) in [5.74, 6) is 0.0154. The summed E-state index contributed by atoms with van der Waals surface area (Å²) in [5.41, 5.74) is 2.74. The minimum absolute atomic E-state index is 0.0154. The van der Waals surface area contributed by atoms with Crippen LogP contribution in [0.4, 0.5) is 0 Å². The van der Waals surface area contributed by atoms with Gasteiger partial charge in [-0.25, -0.2) is 4.68 Å². The molecule has 1 aliphatic rings. The lowest BCUT2D eigenvalue weighted by Crippen LogP contribution is -2.38. The molecule has 0 spiro atoms. The molecule has 0 saturated carbocycles. The number of amides is 1. The molecule has 30 heavy (non-hydrogen) atoms. The highest BCUT2D eigenvalue weighted by molar-refractivity contribution is 6.42. The van der Waals surface area contributed by atoms with Gasteiger partial charge in [0.05, 0.1) is 25.8 Å². The van der Waals surface area contributed by atoms with Crippen molar-refractivity contribution in [3.05, 3.63) is 56.5 Å². The van der Waals surface area contributed by atoms with E-state index in [0.29, 0.717) is 31.5 Å². The molecule has 1 amide bonds. The van der Waals surface area contributed by atoms with Crippen molar-refractivity contribution in [1.82, 2.24) is 19.9 Å². The molecule has 1 aromatic heterocycles.